The number of nitrogens with zero attached hydrogens (tertiary/aromatic N) is 1. The Morgan fingerprint density at radius 3 is 2.76 bits per heavy atom. The van der Waals surface area contributed by atoms with Gasteiger partial charge in [0.15, 0.2) is 0 Å². The van der Waals surface area contributed by atoms with Crippen LogP contribution in [0.3, 0.4) is 0 Å². The van der Waals surface area contributed by atoms with Gasteiger partial charge < -0.3 is 9.31 Å². The number of hydrogen-bond acceptors (Lipinski definition) is 3. The minimum atomic E-state index is -0.218. The SMILES string of the molecule is c1ccc(C2COB(c3cc[cH-]c3)OC2)nc1. The predicted molar refractivity (Wildman–Crippen MR) is 66.3 cm³/mol. The zero-order chi connectivity index (χ0) is 11.5. The summed E-state index contributed by atoms with van der Waals surface area (Å²) in [5, 5.41) is 0. The third-order valence-corrected chi connectivity index (χ3v) is 2.96. The number of aromatic nitrogens is 1. The summed E-state index contributed by atoms with van der Waals surface area (Å²) in [6.45, 7) is 1.32. The van der Waals surface area contributed by atoms with E-state index in [1.807, 2.05) is 42.5 Å². The van der Waals surface area contributed by atoms with Gasteiger partial charge in [-0.05, 0) is 12.1 Å². The molecule has 1 fully saturated rings. The maximum absolute atomic E-state index is 5.73. The van der Waals surface area contributed by atoms with E-state index in [4.69, 9.17) is 9.31 Å². The van der Waals surface area contributed by atoms with E-state index in [1.165, 1.54) is 0 Å². The molecule has 3 nitrogen and oxygen atoms in total. The highest BCUT2D eigenvalue weighted by molar-refractivity contribution is 6.61. The maximum Gasteiger partial charge on any atom is 0.406 e. The van der Waals surface area contributed by atoms with Crippen molar-refractivity contribution in [2.75, 3.05) is 13.2 Å². The molecule has 0 atom stereocenters. The van der Waals surface area contributed by atoms with Gasteiger partial charge in [-0.15, -0.1) is 0 Å². The fourth-order valence-corrected chi connectivity index (χ4v) is 2.03. The first kappa shape index (κ1) is 10.6. The Hall–Kier alpha value is -1.52. The molecule has 0 bridgehead atoms. The molecule has 1 aromatic heterocycles. The molecule has 86 valence electrons. The van der Waals surface area contributed by atoms with E-state index >= 15 is 0 Å². The second-order valence-electron chi connectivity index (χ2n) is 4.17. The molecular formula is C13H13BNO2-. The molecule has 3 rings (SSSR count). The summed E-state index contributed by atoms with van der Waals surface area (Å²) in [6, 6.07) is 13.9. The van der Waals surface area contributed by atoms with Crippen molar-refractivity contribution in [1.29, 1.82) is 0 Å². The van der Waals surface area contributed by atoms with Crippen LogP contribution in [0, 0.1) is 0 Å². The van der Waals surface area contributed by atoms with Crippen LogP contribution in [0.5, 0.6) is 0 Å². The highest BCUT2D eigenvalue weighted by Crippen LogP contribution is 2.18. The highest BCUT2D eigenvalue weighted by Gasteiger charge is 2.26. The summed E-state index contributed by atoms with van der Waals surface area (Å²) in [5.74, 6) is 0.238. The van der Waals surface area contributed by atoms with Gasteiger partial charge in [-0.25, -0.2) is 6.07 Å². The van der Waals surface area contributed by atoms with Crippen LogP contribution in [0.25, 0.3) is 0 Å². The average molecular weight is 226 g/mol. The van der Waals surface area contributed by atoms with Crippen molar-refractivity contribution >= 4 is 12.6 Å². The molecule has 0 N–H and O–H groups in total. The summed E-state index contributed by atoms with van der Waals surface area (Å²) in [4.78, 5) is 4.33. The minimum absolute atomic E-state index is 0.218. The minimum Gasteiger partial charge on any atom is -0.418 e. The summed E-state index contributed by atoms with van der Waals surface area (Å²) in [7, 11) is -0.218. The first-order valence-corrected chi connectivity index (χ1v) is 5.79. The quantitative estimate of drug-likeness (QED) is 0.571. The standard InChI is InChI=1S/C13H13BNO2/c1-2-6-12(5-1)14-16-9-11(10-17-14)13-7-3-4-8-15-13/h1-8,11H,9-10H2/q-1. The van der Waals surface area contributed by atoms with Crippen molar-refractivity contribution < 1.29 is 9.31 Å². The third kappa shape index (κ3) is 2.28. The van der Waals surface area contributed by atoms with E-state index in [1.54, 1.807) is 6.20 Å². The molecule has 0 spiro atoms. The fourth-order valence-electron chi connectivity index (χ4n) is 2.03. The van der Waals surface area contributed by atoms with E-state index in [0.717, 1.165) is 11.2 Å². The second kappa shape index (κ2) is 4.78. The monoisotopic (exact) mass is 226 g/mol. The normalized spacial score (nSPS) is 17.3. The summed E-state index contributed by atoms with van der Waals surface area (Å²) in [5.41, 5.74) is 2.12. The van der Waals surface area contributed by atoms with E-state index in [0.29, 0.717) is 13.2 Å². The van der Waals surface area contributed by atoms with Crippen molar-refractivity contribution in [3.8, 4) is 0 Å². The zero-order valence-corrected chi connectivity index (χ0v) is 9.45. The van der Waals surface area contributed by atoms with Crippen molar-refractivity contribution in [2.24, 2.45) is 0 Å². The molecule has 2 heterocycles. The van der Waals surface area contributed by atoms with Gasteiger partial charge in [0.05, 0.1) is 0 Å². The van der Waals surface area contributed by atoms with Gasteiger partial charge >= 0.3 is 7.12 Å². The topological polar surface area (TPSA) is 31.4 Å². The Bertz CT molecular complexity index is 450. The van der Waals surface area contributed by atoms with Gasteiger partial charge in [0.2, 0.25) is 0 Å². The van der Waals surface area contributed by atoms with Crippen LogP contribution in [-0.2, 0) is 9.31 Å². The van der Waals surface area contributed by atoms with Gasteiger partial charge in [-0.3, -0.25) is 4.98 Å². The van der Waals surface area contributed by atoms with Gasteiger partial charge in [-0.1, -0.05) is 6.07 Å². The molecule has 2 aromatic rings. The first-order chi connectivity index (χ1) is 8.43. The Labute approximate surface area is 101 Å². The number of rotatable bonds is 2. The highest BCUT2D eigenvalue weighted by atomic mass is 16.6. The predicted octanol–water partition coefficient (Wildman–Crippen LogP) is 1.33. The van der Waals surface area contributed by atoms with Crippen LogP contribution in [-0.4, -0.2) is 25.3 Å². The van der Waals surface area contributed by atoms with Gasteiger partial charge in [-0.2, -0.15) is 23.7 Å². The van der Waals surface area contributed by atoms with E-state index in [9.17, 15) is 0 Å². The van der Waals surface area contributed by atoms with Crippen LogP contribution in [0.4, 0.5) is 0 Å². The zero-order valence-electron chi connectivity index (χ0n) is 9.45. The molecule has 1 saturated heterocycles. The summed E-state index contributed by atoms with van der Waals surface area (Å²) in [6.07, 6.45) is 1.80. The molecule has 0 aliphatic carbocycles. The smallest absolute Gasteiger partial charge is 0.406 e. The molecular weight excluding hydrogens is 213 g/mol. The molecule has 0 radical (unpaired) electrons. The third-order valence-electron chi connectivity index (χ3n) is 2.96. The average Bonchev–Trinajstić information content (AvgIpc) is 2.94. The molecule has 0 amide bonds. The lowest BCUT2D eigenvalue weighted by atomic mass is 9.79. The van der Waals surface area contributed by atoms with Crippen molar-refractivity contribution in [2.45, 2.75) is 5.92 Å². The van der Waals surface area contributed by atoms with E-state index in [-0.39, 0.29) is 13.0 Å². The lowest BCUT2D eigenvalue weighted by Crippen LogP contribution is -2.43. The molecule has 1 aliphatic heterocycles. The number of hydrogen-bond donors (Lipinski definition) is 0. The lowest BCUT2D eigenvalue weighted by Gasteiger charge is -2.29. The second-order valence-corrected chi connectivity index (χ2v) is 4.17. The van der Waals surface area contributed by atoms with E-state index in [2.05, 4.69) is 4.98 Å². The molecule has 0 unspecified atom stereocenters. The van der Waals surface area contributed by atoms with Gasteiger partial charge in [0.1, 0.15) is 0 Å². The van der Waals surface area contributed by atoms with Crippen molar-refractivity contribution in [1.82, 2.24) is 4.98 Å². The number of pyridine rings is 1. The largest absolute Gasteiger partial charge is 0.418 e. The van der Waals surface area contributed by atoms with Crippen LogP contribution < -0.4 is 5.46 Å². The van der Waals surface area contributed by atoms with Crippen LogP contribution in [0.1, 0.15) is 11.6 Å². The lowest BCUT2D eigenvalue weighted by molar-refractivity contribution is 0.119. The van der Waals surface area contributed by atoms with Crippen LogP contribution in [0.15, 0.2) is 48.7 Å². The van der Waals surface area contributed by atoms with Crippen LogP contribution in [0.2, 0.25) is 0 Å². The summed E-state index contributed by atoms with van der Waals surface area (Å²) >= 11 is 0. The maximum atomic E-state index is 5.73. The molecule has 1 aliphatic rings. The molecule has 4 heteroatoms. The Balaban J connectivity index is 1.65. The van der Waals surface area contributed by atoms with E-state index < -0.39 is 0 Å². The Morgan fingerprint density at radius 2 is 2.12 bits per heavy atom. The summed E-state index contributed by atoms with van der Waals surface area (Å²) < 4.78 is 11.5. The fraction of sp³-hybridized carbons (Fsp3) is 0.231. The Kier molecular flexibility index (Phi) is 2.99. The molecule has 17 heavy (non-hydrogen) atoms. The molecule has 1 aromatic carbocycles. The molecule has 0 saturated carbocycles. The first-order valence-electron chi connectivity index (χ1n) is 5.79. The van der Waals surface area contributed by atoms with Gasteiger partial charge in [0, 0.05) is 31.0 Å². The van der Waals surface area contributed by atoms with Gasteiger partial charge in [0.25, 0.3) is 0 Å². The van der Waals surface area contributed by atoms with Crippen molar-refractivity contribution in [3.63, 3.8) is 0 Å². The Morgan fingerprint density at radius 1 is 1.24 bits per heavy atom. The van der Waals surface area contributed by atoms with Crippen molar-refractivity contribution in [3.05, 3.63) is 54.4 Å². The van der Waals surface area contributed by atoms with Crippen LogP contribution >= 0.6 is 0 Å².